The van der Waals surface area contributed by atoms with Gasteiger partial charge in [-0.3, -0.25) is 4.79 Å². The van der Waals surface area contributed by atoms with Gasteiger partial charge in [-0.05, 0) is 23.6 Å². The molecule has 0 saturated carbocycles. The second-order valence-corrected chi connectivity index (χ2v) is 6.85. The maximum atomic E-state index is 13.4. The third-order valence-electron chi connectivity index (χ3n) is 5.11. The summed E-state index contributed by atoms with van der Waals surface area (Å²) in [5, 5.41) is 6.54. The third kappa shape index (κ3) is 2.86. The molecule has 1 amide bonds. The normalized spacial score (nSPS) is 25.7. The van der Waals surface area contributed by atoms with E-state index >= 15 is 0 Å². The molecular formula is C17H18F3N5O. The Balaban J connectivity index is 1.64. The fourth-order valence-electron chi connectivity index (χ4n) is 3.86. The van der Waals surface area contributed by atoms with Gasteiger partial charge < -0.3 is 15.5 Å². The zero-order valence-electron chi connectivity index (χ0n) is 13.9. The molecule has 2 atom stereocenters. The van der Waals surface area contributed by atoms with Crippen molar-refractivity contribution in [1.82, 2.24) is 4.90 Å². The average molecular weight is 365 g/mol. The molecule has 0 spiro atoms. The minimum atomic E-state index is -4.69. The highest BCUT2D eigenvalue weighted by molar-refractivity contribution is 5.83. The van der Waals surface area contributed by atoms with Crippen molar-refractivity contribution in [2.24, 2.45) is 21.9 Å². The standard InChI is InChI=1S/C17H18F3N5O/c18-17(19,20)15-14(6-22-23-16(15)26)25-7-10-2-1-3-13(12(10)9-25)24-5-4-11(21)8-24/h1-3,6,11,15H,4-5,7-9,21H2. The highest BCUT2D eigenvalue weighted by Crippen LogP contribution is 2.41. The van der Waals surface area contributed by atoms with Crippen LogP contribution >= 0.6 is 0 Å². The van der Waals surface area contributed by atoms with Crippen LogP contribution in [0.1, 0.15) is 17.5 Å². The Bertz CT molecular complexity index is 804. The summed E-state index contributed by atoms with van der Waals surface area (Å²) in [7, 11) is 0. The Labute approximate surface area is 148 Å². The second kappa shape index (κ2) is 6.08. The molecule has 2 unspecified atom stereocenters. The zero-order chi connectivity index (χ0) is 18.5. The average Bonchev–Trinajstić information content (AvgIpc) is 3.19. The van der Waals surface area contributed by atoms with Crippen LogP contribution in [-0.2, 0) is 17.9 Å². The lowest BCUT2D eigenvalue weighted by Gasteiger charge is -2.29. The van der Waals surface area contributed by atoms with E-state index in [1.165, 1.54) is 0 Å². The lowest BCUT2D eigenvalue weighted by Crippen LogP contribution is -2.38. The molecule has 1 saturated heterocycles. The van der Waals surface area contributed by atoms with Crippen molar-refractivity contribution in [3.05, 3.63) is 41.2 Å². The number of carbonyl (C=O) groups is 1. The van der Waals surface area contributed by atoms with Crippen LogP contribution in [0, 0.1) is 5.92 Å². The molecule has 3 heterocycles. The summed E-state index contributed by atoms with van der Waals surface area (Å²) in [5.74, 6) is -3.52. The van der Waals surface area contributed by atoms with E-state index in [1.54, 1.807) is 4.90 Å². The van der Waals surface area contributed by atoms with Crippen LogP contribution in [0.5, 0.6) is 0 Å². The van der Waals surface area contributed by atoms with E-state index in [1.807, 2.05) is 18.2 Å². The molecular weight excluding hydrogens is 347 g/mol. The largest absolute Gasteiger partial charge is 0.406 e. The van der Waals surface area contributed by atoms with Crippen LogP contribution in [0.25, 0.3) is 0 Å². The molecule has 26 heavy (non-hydrogen) atoms. The Morgan fingerprint density at radius 2 is 2.00 bits per heavy atom. The highest BCUT2D eigenvalue weighted by atomic mass is 19.4. The van der Waals surface area contributed by atoms with Crippen molar-refractivity contribution >= 4 is 11.6 Å². The summed E-state index contributed by atoms with van der Waals surface area (Å²) < 4.78 is 40.1. The van der Waals surface area contributed by atoms with Crippen molar-refractivity contribution in [3.63, 3.8) is 0 Å². The van der Waals surface area contributed by atoms with Gasteiger partial charge >= 0.3 is 6.18 Å². The molecule has 0 aliphatic carbocycles. The smallest absolute Gasteiger partial charge is 0.370 e. The number of hydrogen-bond acceptors (Lipinski definition) is 5. The number of benzene rings is 1. The van der Waals surface area contributed by atoms with E-state index in [4.69, 9.17) is 5.73 Å². The van der Waals surface area contributed by atoms with Crippen molar-refractivity contribution in [2.45, 2.75) is 31.7 Å². The number of hydrogen-bond donors (Lipinski definition) is 1. The number of nitrogens with zero attached hydrogens (tertiary/aromatic N) is 4. The van der Waals surface area contributed by atoms with Gasteiger partial charge in [-0.25, -0.2) is 0 Å². The monoisotopic (exact) mass is 365 g/mol. The van der Waals surface area contributed by atoms with E-state index in [-0.39, 0.29) is 11.7 Å². The Kier molecular flexibility index (Phi) is 3.98. The van der Waals surface area contributed by atoms with Gasteiger partial charge in [0.15, 0.2) is 5.92 Å². The number of amides is 1. The highest BCUT2D eigenvalue weighted by Gasteiger charge is 2.50. The number of rotatable bonds is 2. The molecule has 1 aromatic rings. The molecule has 0 bridgehead atoms. The molecule has 138 valence electrons. The summed E-state index contributed by atoms with van der Waals surface area (Å²) in [6, 6.07) is 5.89. The Morgan fingerprint density at radius 1 is 1.19 bits per heavy atom. The molecule has 4 rings (SSSR count). The number of carbonyl (C=O) groups excluding carboxylic acids is 1. The van der Waals surface area contributed by atoms with Crippen LogP contribution < -0.4 is 10.6 Å². The molecule has 1 fully saturated rings. The first-order chi connectivity index (χ1) is 12.3. The van der Waals surface area contributed by atoms with Crippen LogP contribution in [-0.4, -0.2) is 36.1 Å². The van der Waals surface area contributed by atoms with Crippen LogP contribution in [0.3, 0.4) is 0 Å². The number of nitrogens with two attached hydrogens (primary N) is 1. The minimum Gasteiger partial charge on any atom is -0.370 e. The molecule has 9 heteroatoms. The lowest BCUT2D eigenvalue weighted by molar-refractivity contribution is -0.177. The molecule has 3 aliphatic rings. The first-order valence-electron chi connectivity index (χ1n) is 8.42. The van der Waals surface area contributed by atoms with Gasteiger partial charge in [0.25, 0.3) is 5.91 Å². The van der Waals surface area contributed by atoms with E-state index in [2.05, 4.69) is 15.1 Å². The summed E-state index contributed by atoms with van der Waals surface area (Å²) >= 11 is 0. The van der Waals surface area contributed by atoms with Crippen LogP contribution in [0.2, 0.25) is 0 Å². The molecule has 2 N–H and O–H groups in total. The van der Waals surface area contributed by atoms with Crippen molar-refractivity contribution in [2.75, 3.05) is 18.0 Å². The topological polar surface area (TPSA) is 74.3 Å². The van der Waals surface area contributed by atoms with E-state index in [9.17, 15) is 18.0 Å². The quantitative estimate of drug-likeness (QED) is 0.874. The van der Waals surface area contributed by atoms with Gasteiger partial charge in [-0.15, -0.1) is 5.11 Å². The fourth-order valence-corrected chi connectivity index (χ4v) is 3.86. The van der Waals surface area contributed by atoms with Crippen molar-refractivity contribution in [1.29, 1.82) is 0 Å². The molecule has 0 aromatic heterocycles. The molecule has 3 aliphatic heterocycles. The second-order valence-electron chi connectivity index (χ2n) is 6.85. The van der Waals surface area contributed by atoms with Gasteiger partial charge in [0.2, 0.25) is 0 Å². The SMILES string of the molecule is NC1CCN(c2cccc3c2CN(C2=CN=NC(=O)C2C(F)(F)F)C3)C1. The van der Waals surface area contributed by atoms with Gasteiger partial charge in [-0.1, -0.05) is 12.1 Å². The van der Waals surface area contributed by atoms with Gasteiger partial charge in [0, 0.05) is 37.9 Å². The Hall–Kier alpha value is -2.42. The lowest BCUT2D eigenvalue weighted by atomic mass is 10.0. The third-order valence-corrected chi connectivity index (χ3v) is 5.11. The predicted octanol–water partition coefficient (Wildman–Crippen LogP) is 2.55. The molecule has 0 radical (unpaired) electrons. The van der Waals surface area contributed by atoms with Gasteiger partial charge in [0.1, 0.15) is 0 Å². The van der Waals surface area contributed by atoms with E-state index in [0.29, 0.717) is 13.1 Å². The molecule has 6 nitrogen and oxygen atoms in total. The predicted molar refractivity (Wildman–Crippen MR) is 88.0 cm³/mol. The summed E-state index contributed by atoms with van der Waals surface area (Å²) in [5.41, 5.74) is 8.79. The maximum absolute atomic E-state index is 13.4. The fraction of sp³-hybridized carbons (Fsp3) is 0.471. The summed E-state index contributed by atoms with van der Waals surface area (Å²) in [4.78, 5) is 15.5. The summed E-state index contributed by atoms with van der Waals surface area (Å²) in [6.07, 6.45) is -2.75. The molecule has 1 aromatic carbocycles. The van der Waals surface area contributed by atoms with Crippen molar-refractivity contribution < 1.29 is 18.0 Å². The van der Waals surface area contributed by atoms with Crippen molar-refractivity contribution in [3.8, 4) is 0 Å². The number of azo groups is 1. The minimum absolute atomic E-state index is 0.108. The number of fused-ring (bicyclic) bond motifs is 1. The van der Waals surface area contributed by atoms with Gasteiger partial charge in [0.05, 0.1) is 11.9 Å². The number of halogens is 3. The van der Waals surface area contributed by atoms with Crippen LogP contribution in [0.4, 0.5) is 18.9 Å². The van der Waals surface area contributed by atoms with E-state index in [0.717, 1.165) is 42.5 Å². The first-order valence-corrected chi connectivity index (χ1v) is 8.42. The maximum Gasteiger partial charge on any atom is 0.406 e. The Morgan fingerprint density at radius 3 is 2.69 bits per heavy atom. The van der Waals surface area contributed by atoms with Gasteiger partial charge in [-0.2, -0.15) is 18.3 Å². The number of alkyl halides is 3. The first kappa shape index (κ1) is 17.0. The van der Waals surface area contributed by atoms with Crippen LogP contribution in [0.15, 0.2) is 40.3 Å². The summed E-state index contributed by atoms with van der Waals surface area (Å²) in [6.45, 7) is 2.18. The van der Waals surface area contributed by atoms with E-state index < -0.39 is 18.0 Å². The zero-order valence-corrected chi connectivity index (χ0v) is 13.9. The number of anilines is 1.